The van der Waals surface area contributed by atoms with Crippen molar-refractivity contribution < 1.29 is 4.79 Å². The van der Waals surface area contributed by atoms with Gasteiger partial charge in [0.15, 0.2) is 5.96 Å². The molecule has 6 nitrogen and oxygen atoms in total. The molecule has 152 valence electrons. The number of nitrogens with one attached hydrogen (secondary N) is 1. The molecular weight excluding hydrogens is 473 g/mol. The number of hydrogen-bond donors (Lipinski definition) is 1. The van der Waals surface area contributed by atoms with Crippen LogP contribution >= 0.6 is 35.7 Å². The number of carbonyl (C=O) groups excluding carboxylic acids is 1. The minimum Gasteiger partial charge on any atom is -0.347 e. The molecule has 1 saturated heterocycles. The highest BCUT2D eigenvalue weighted by Gasteiger charge is 2.25. The zero-order chi connectivity index (χ0) is 18.9. The minimum absolute atomic E-state index is 0. The van der Waals surface area contributed by atoms with E-state index in [1.165, 1.54) is 0 Å². The van der Waals surface area contributed by atoms with E-state index in [2.05, 4.69) is 34.0 Å². The van der Waals surface area contributed by atoms with Crippen LogP contribution < -0.4 is 5.32 Å². The van der Waals surface area contributed by atoms with E-state index in [9.17, 15) is 4.79 Å². The van der Waals surface area contributed by atoms with Gasteiger partial charge in [0.1, 0.15) is 0 Å². The highest BCUT2D eigenvalue weighted by atomic mass is 127. The number of aromatic nitrogens is 1. The summed E-state index contributed by atoms with van der Waals surface area (Å²) in [4.78, 5) is 25.1. The molecule has 8 heteroatoms. The molecule has 1 aliphatic rings. The number of nitrogens with zero attached hydrogens (tertiary/aromatic N) is 4. The molecule has 1 fully saturated rings. The van der Waals surface area contributed by atoms with Crippen LogP contribution in [-0.4, -0.2) is 77.9 Å². The van der Waals surface area contributed by atoms with Crippen LogP contribution in [0.1, 0.15) is 19.5 Å². The second-order valence-corrected chi connectivity index (χ2v) is 8.23. The molecule has 1 amide bonds. The van der Waals surface area contributed by atoms with Crippen LogP contribution in [0.25, 0.3) is 0 Å². The van der Waals surface area contributed by atoms with E-state index in [0.717, 1.165) is 36.9 Å². The number of guanidine groups is 1. The van der Waals surface area contributed by atoms with E-state index >= 15 is 0 Å². The third-order valence-electron chi connectivity index (χ3n) is 4.60. The number of amides is 1. The smallest absolute Gasteiger partial charge is 0.241 e. The van der Waals surface area contributed by atoms with Crippen molar-refractivity contribution in [2.24, 2.45) is 10.9 Å². The Hall–Kier alpha value is -1.03. The fourth-order valence-corrected chi connectivity index (χ4v) is 4.14. The van der Waals surface area contributed by atoms with Gasteiger partial charge in [0.25, 0.3) is 0 Å². The predicted octanol–water partition coefficient (Wildman–Crippen LogP) is 2.35. The van der Waals surface area contributed by atoms with Crippen molar-refractivity contribution in [1.29, 1.82) is 0 Å². The van der Waals surface area contributed by atoms with Gasteiger partial charge in [-0.1, -0.05) is 19.9 Å². The van der Waals surface area contributed by atoms with Crippen LogP contribution in [0, 0.1) is 5.92 Å². The average Bonchev–Trinajstić information content (AvgIpc) is 2.67. The molecule has 0 bridgehead atoms. The Kier molecular flexibility index (Phi) is 11.1. The number of thioether (sulfide) groups is 1. The largest absolute Gasteiger partial charge is 0.347 e. The molecule has 0 saturated carbocycles. The van der Waals surface area contributed by atoms with Gasteiger partial charge in [-0.2, -0.15) is 11.8 Å². The van der Waals surface area contributed by atoms with E-state index < -0.39 is 0 Å². The van der Waals surface area contributed by atoms with Gasteiger partial charge in [0.05, 0.1) is 6.54 Å². The fourth-order valence-electron chi connectivity index (χ4n) is 2.85. The Balaban J connectivity index is 0.00000364. The highest BCUT2D eigenvalue weighted by molar-refractivity contribution is 14.0. The topological polar surface area (TPSA) is 60.8 Å². The third-order valence-corrected chi connectivity index (χ3v) is 6.14. The predicted molar refractivity (Wildman–Crippen MR) is 125 cm³/mol. The van der Waals surface area contributed by atoms with Crippen molar-refractivity contribution in [2.45, 2.75) is 25.5 Å². The lowest BCUT2D eigenvalue weighted by Crippen LogP contribution is -2.51. The first-order chi connectivity index (χ1) is 12.5. The van der Waals surface area contributed by atoms with Crippen molar-refractivity contribution in [3.8, 4) is 0 Å². The SMILES string of the molecule is CN=C(NCC(=O)N(C)CCc1ccccn1)N1CCSC(C(C)C)C1.I. The first-order valence-corrected chi connectivity index (χ1v) is 10.3. The number of rotatable bonds is 6. The van der Waals surface area contributed by atoms with Gasteiger partial charge >= 0.3 is 0 Å². The third kappa shape index (κ3) is 7.85. The maximum absolute atomic E-state index is 12.4. The van der Waals surface area contributed by atoms with E-state index in [1.807, 2.05) is 37.0 Å². The second-order valence-electron chi connectivity index (χ2n) is 6.89. The van der Waals surface area contributed by atoms with Gasteiger partial charge < -0.3 is 15.1 Å². The summed E-state index contributed by atoms with van der Waals surface area (Å²) < 4.78 is 0. The summed E-state index contributed by atoms with van der Waals surface area (Å²) in [5.74, 6) is 2.62. The van der Waals surface area contributed by atoms with Crippen LogP contribution in [0.2, 0.25) is 0 Å². The number of carbonyl (C=O) groups is 1. The molecule has 1 aliphatic heterocycles. The van der Waals surface area contributed by atoms with Gasteiger partial charge in [0, 0.05) is 63.0 Å². The van der Waals surface area contributed by atoms with Crippen molar-refractivity contribution in [3.05, 3.63) is 30.1 Å². The molecule has 1 aromatic rings. The van der Waals surface area contributed by atoms with Crippen LogP contribution in [0.5, 0.6) is 0 Å². The number of hydrogen-bond acceptors (Lipinski definition) is 4. The van der Waals surface area contributed by atoms with Crippen molar-refractivity contribution in [2.75, 3.05) is 46.0 Å². The molecule has 0 spiro atoms. The van der Waals surface area contributed by atoms with E-state index in [0.29, 0.717) is 17.7 Å². The number of likely N-dealkylation sites (N-methyl/N-ethyl adjacent to an activating group) is 1. The van der Waals surface area contributed by atoms with Crippen LogP contribution in [-0.2, 0) is 11.2 Å². The summed E-state index contributed by atoms with van der Waals surface area (Å²) in [6, 6.07) is 5.85. The summed E-state index contributed by atoms with van der Waals surface area (Å²) in [6.45, 7) is 7.39. The van der Waals surface area contributed by atoms with Crippen LogP contribution in [0.3, 0.4) is 0 Å². The zero-order valence-corrected chi connectivity index (χ0v) is 19.9. The lowest BCUT2D eigenvalue weighted by molar-refractivity contribution is -0.128. The normalized spacial score (nSPS) is 17.4. The van der Waals surface area contributed by atoms with Gasteiger partial charge in [-0.05, 0) is 18.1 Å². The Morgan fingerprint density at radius 1 is 1.48 bits per heavy atom. The summed E-state index contributed by atoms with van der Waals surface area (Å²) in [5, 5.41) is 3.85. The number of halogens is 1. The van der Waals surface area contributed by atoms with Gasteiger partial charge in [0.2, 0.25) is 5.91 Å². The molecule has 1 aromatic heterocycles. The first kappa shape index (κ1) is 24.0. The fraction of sp³-hybridized carbons (Fsp3) is 0.632. The molecule has 1 unspecified atom stereocenters. The summed E-state index contributed by atoms with van der Waals surface area (Å²) in [5.41, 5.74) is 1.00. The Labute approximate surface area is 184 Å². The van der Waals surface area contributed by atoms with Gasteiger partial charge in [-0.3, -0.25) is 14.8 Å². The van der Waals surface area contributed by atoms with E-state index in [1.54, 1.807) is 18.1 Å². The molecule has 0 aliphatic carbocycles. The van der Waals surface area contributed by atoms with Gasteiger partial charge in [-0.25, -0.2) is 0 Å². The molecule has 2 heterocycles. The highest BCUT2D eigenvalue weighted by Crippen LogP contribution is 2.24. The molecule has 1 N–H and O–H groups in total. The Bertz CT molecular complexity index is 599. The quantitative estimate of drug-likeness (QED) is 0.366. The Morgan fingerprint density at radius 3 is 2.89 bits per heavy atom. The molecular formula is C19H32IN5OS. The van der Waals surface area contributed by atoms with Crippen LogP contribution in [0.15, 0.2) is 29.4 Å². The maximum Gasteiger partial charge on any atom is 0.241 e. The van der Waals surface area contributed by atoms with Gasteiger partial charge in [-0.15, -0.1) is 24.0 Å². The lowest BCUT2D eigenvalue weighted by atomic mass is 10.1. The molecule has 2 rings (SSSR count). The molecule has 27 heavy (non-hydrogen) atoms. The van der Waals surface area contributed by atoms with Crippen molar-refractivity contribution in [1.82, 2.24) is 20.1 Å². The summed E-state index contributed by atoms with van der Waals surface area (Å²) in [6.07, 6.45) is 2.54. The first-order valence-electron chi connectivity index (χ1n) is 9.22. The van der Waals surface area contributed by atoms with Crippen molar-refractivity contribution in [3.63, 3.8) is 0 Å². The minimum atomic E-state index is 0. The van der Waals surface area contributed by atoms with Crippen LogP contribution in [0.4, 0.5) is 0 Å². The van der Waals surface area contributed by atoms with E-state index in [-0.39, 0.29) is 36.4 Å². The molecule has 0 aromatic carbocycles. The Morgan fingerprint density at radius 2 is 2.26 bits per heavy atom. The number of aliphatic imine (C=N–C) groups is 1. The summed E-state index contributed by atoms with van der Waals surface area (Å²) in [7, 11) is 3.62. The monoisotopic (exact) mass is 505 g/mol. The lowest BCUT2D eigenvalue weighted by Gasteiger charge is -2.36. The summed E-state index contributed by atoms with van der Waals surface area (Å²) >= 11 is 2.03. The van der Waals surface area contributed by atoms with Crippen molar-refractivity contribution >= 4 is 47.6 Å². The molecule has 0 radical (unpaired) electrons. The standard InChI is InChI=1S/C19H31N5OS.HI/c1-15(2)17-14-24(11-12-26-17)19(20-3)22-13-18(25)23(4)10-8-16-7-5-6-9-21-16;/h5-7,9,15,17H,8,10-14H2,1-4H3,(H,20,22);1H. The maximum atomic E-state index is 12.4. The second kappa shape index (κ2) is 12.4. The average molecular weight is 505 g/mol. The molecule has 1 atom stereocenters. The van der Waals surface area contributed by atoms with E-state index in [4.69, 9.17) is 0 Å². The number of pyridine rings is 1. The zero-order valence-electron chi connectivity index (χ0n) is 16.7.